The van der Waals surface area contributed by atoms with Crippen LogP contribution in [0.25, 0.3) is 0 Å². The van der Waals surface area contributed by atoms with Crippen LogP contribution in [0.5, 0.6) is 0 Å². The van der Waals surface area contributed by atoms with Crippen LogP contribution in [0, 0.1) is 17.3 Å². The highest BCUT2D eigenvalue weighted by molar-refractivity contribution is 4.93. The van der Waals surface area contributed by atoms with Gasteiger partial charge in [-0.05, 0) is 56.0 Å². The zero-order valence-corrected chi connectivity index (χ0v) is 11.6. The molecule has 0 radical (unpaired) electrons. The van der Waals surface area contributed by atoms with E-state index in [0.29, 0.717) is 5.41 Å². The fourth-order valence-electron chi connectivity index (χ4n) is 3.88. The first-order valence-corrected chi connectivity index (χ1v) is 7.30. The van der Waals surface area contributed by atoms with Gasteiger partial charge in [-0.3, -0.25) is 0 Å². The molecule has 16 heavy (non-hydrogen) atoms. The Morgan fingerprint density at radius 1 is 0.938 bits per heavy atom. The fourth-order valence-corrected chi connectivity index (χ4v) is 3.88. The Bertz CT molecular complexity index is 210. The van der Waals surface area contributed by atoms with Gasteiger partial charge in [0.1, 0.15) is 0 Å². The Kier molecular flexibility index (Phi) is 3.63. The summed E-state index contributed by atoms with van der Waals surface area (Å²) in [7, 11) is 0. The molecule has 2 fully saturated rings. The molecule has 1 saturated heterocycles. The highest BCUT2D eigenvalue weighted by Gasteiger charge is 2.41. The van der Waals surface area contributed by atoms with E-state index in [-0.39, 0.29) is 0 Å². The average Bonchev–Trinajstić information content (AvgIpc) is 2.15. The summed E-state index contributed by atoms with van der Waals surface area (Å²) < 4.78 is 0. The first-order valence-electron chi connectivity index (χ1n) is 7.30. The molecule has 0 aromatic carbocycles. The number of piperidine rings is 1. The summed E-state index contributed by atoms with van der Waals surface area (Å²) in [5.41, 5.74) is 0.625. The van der Waals surface area contributed by atoms with Gasteiger partial charge in [0, 0.05) is 6.04 Å². The third-order valence-corrected chi connectivity index (χ3v) is 5.62. The molecule has 0 amide bonds. The van der Waals surface area contributed by atoms with E-state index in [4.69, 9.17) is 0 Å². The van der Waals surface area contributed by atoms with Crippen molar-refractivity contribution >= 4 is 0 Å². The van der Waals surface area contributed by atoms with Crippen molar-refractivity contribution in [2.75, 3.05) is 13.1 Å². The van der Waals surface area contributed by atoms with Crippen molar-refractivity contribution in [3.63, 3.8) is 0 Å². The molecule has 0 N–H and O–H groups in total. The van der Waals surface area contributed by atoms with Crippen LogP contribution in [-0.4, -0.2) is 24.0 Å². The van der Waals surface area contributed by atoms with Crippen molar-refractivity contribution in [1.29, 1.82) is 0 Å². The Hall–Kier alpha value is -0.0400. The molecule has 0 aromatic rings. The number of likely N-dealkylation sites (tertiary alicyclic amines) is 1. The van der Waals surface area contributed by atoms with Gasteiger partial charge in [0.05, 0.1) is 0 Å². The predicted octanol–water partition coefficient (Wildman–Crippen LogP) is 3.93. The van der Waals surface area contributed by atoms with Gasteiger partial charge >= 0.3 is 0 Å². The van der Waals surface area contributed by atoms with Gasteiger partial charge < -0.3 is 4.90 Å². The minimum Gasteiger partial charge on any atom is -0.300 e. The summed E-state index contributed by atoms with van der Waals surface area (Å²) in [4.78, 5) is 2.77. The minimum atomic E-state index is 0.625. The molecule has 2 aliphatic rings. The lowest BCUT2D eigenvalue weighted by Crippen LogP contribution is -2.50. The molecule has 1 saturated carbocycles. The van der Waals surface area contributed by atoms with Crippen LogP contribution in [0.2, 0.25) is 0 Å². The Morgan fingerprint density at radius 3 is 1.75 bits per heavy atom. The molecular formula is C15H29N. The molecule has 1 heterocycles. The predicted molar refractivity (Wildman–Crippen MR) is 70.6 cm³/mol. The zero-order chi connectivity index (χ0) is 11.8. The largest absolute Gasteiger partial charge is 0.300 e. The van der Waals surface area contributed by atoms with E-state index in [2.05, 4.69) is 32.6 Å². The first kappa shape index (κ1) is 12.4. The van der Waals surface area contributed by atoms with Crippen LogP contribution in [0.1, 0.15) is 59.8 Å². The number of rotatable bonds is 3. The van der Waals surface area contributed by atoms with Gasteiger partial charge in [0.15, 0.2) is 0 Å². The molecule has 1 aliphatic heterocycles. The third-order valence-electron chi connectivity index (χ3n) is 5.62. The van der Waals surface area contributed by atoms with Crippen molar-refractivity contribution in [2.24, 2.45) is 17.3 Å². The Labute approximate surface area is 102 Å². The molecule has 94 valence electrons. The maximum Gasteiger partial charge on any atom is 0.00952 e. The molecule has 0 aromatic heterocycles. The van der Waals surface area contributed by atoms with Crippen LogP contribution in [-0.2, 0) is 0 Å². The molecular weight excluding hydrogens is 194 g/mol. The van der Waals surface area contributed by atoms with E-state index in [1.54, 1.807) is 0 Å². The number of nitrogens with zero attached hydrogens (tertiary/aromatic N) is 1. The monoisotopic (exact) mass is 223 g/mol. The highest BCUT2D eigenvalue weighted by Crippen LogP contribution is 2.46. The molecule has 0 spiro atoms. The SMILES string of the molecule is CC(C)C1(C(C)C)CCN(C2CCC2)CC1. The first-order chi connectivity index (χ1) is 7.56. The summed E-state index contributed by atoms with van der Waals surface area (Å²) in [5.74, 6) is 1.69. The summed E-state index contributed by atoms with van der Waals surface area (Å²) in [6.45, 7) is 12.4. The van der Waals surface area contributed by atoms with Gasteiger partial charge in [0.2, 0.25) is 0 Å². The van der Waals surface area contributed by atoms with Gasteiger partial charge in [-0.15, -0.1) is 0 Å². The van der Waals surface area contributed by atoms with Crippen LogP contribution < -0.4 is 0 Å². The molecule has 1 nitrogen and oxygen atoms in total. The Balaban J connectivity index is 1.95. The van der Waals surface area contributed by atoms with E-state index < -0.39 is 0 Å². The quantitative estimate of drug-likeness (QED) is 0.700. The van der Waals surface area contributed by atoms with Crippen molar-refractivity contribution in [1.82, 2.24) is 4.90 Å². The van der Waals surface area contributed by atoms with Crippen LogP contribution in [0.4, 0.5) is 0 Å². The molecule has 1 heteroatoms. The second-order valence-corrected chi connectivity index (χ2v) is 6.66. The van der Waals surface area contributed by atoms with Gasteiger partial charge in [-0.25, -0.2) is 0 Å². The van der Waals surface area contributed by atoms with Gasteiger partial charge in [0.25, 0.3) is 0 Å². The summed E-state index contributed by atoms with van der Waals surface area (Å²) in [6, 6.07) is 0.956. The molecule has 2 rings (SSSR count). The Morgan fingerprint density at radius 2 is 1.44 bits per heavy atom. The van der Waals surface area contributed by atoms with Crippen LogP contribution in [0.3, 0.4) is 0 Å². The van der Waals surface area contributed by atoms with Crippen LogP contribution in [0.15, 0.2) is 0 Å². The highest BCUT2D eigenvalue weighted by atomic mass is 15.2. The summed E-state index contributed by atoms with van der Waals surface area (Å²) >= 11 is 0. The van der Waals surface area contributed by atoms with E-state index in [9.17, 15) is 0 Å². The van der Waals surface area contributed by atoms with Crippen molar-refractivity contribution in [3.05, 3.63) is 0 Å². The second kappa shape index (κ2) is 4.68. The van der Waals surface area contributed by atoms with Crippen molar-refractivity contribution in [3.8, 4) is 0 Å². The topological polar surface area (TPSA) is 3.24 Å². The summed E-state index contributed by atoms with van der Waals surface area (Å²) in [6.07, 6.45) is 7.27. The molecule has 0 bridgehead atoms. The maximum atomic E-state index is 2.77. The second-order valence-electron chi connectivity index (χ2n) is 6.66. The molecule has 0 unspecified atom stereocenters. The normalized spacial score (nSPS) is 27.4. The van der Waals surface area contributed by atoms with Gasteiger partial charge in [-0.2, -0.15) is 0 Å². The van der Waals surface area contributed by atoms with Gasteiger partial charge in [-0.1, -0.05) is 34.1 Å². The minimum absolute atomic E-state index is 0.625. The standard InChI is InChI=1S/C15H29N/c1-12(2)15(13(3)4)8-10-16(11-9-15)14-6-5-7-14/h12-14H,5-11H2,1-4H3. The lowest BCUT2D eigenvalue weighted by atomic mass is 9.63. The third kappa shape index (κ3) is 2.03. The van der Waals surface area contributed by atoms with Crippen molar-refractivity contribution < 1.29 is 0 Å². The maximum absolute atomic E-state index is 2.77. The lowest BCUT2D eigenvalue weighted by molar-refractivity contribution is -0.0102. The van der Waals surface area contributed by atoms with E-state index >= 15 is 0 Å². The molecule has 0 atom stereocenters. The van der Waals surface area contributed by atoms with E-state index in [1.807, 2.05) is 0 Å². The van der Waals surface area contributed by atoms with Crippen molar-refractivity contribution in [2.45, 2.75) is 65.8 Å². The van der Waals surface area contributed by atoms with Crippen LogP contribution >= 0.6 is 0 Å². The number of hydrogen-bond donors (Lipinski definition) is 0. The number of hydrogen-bond acceptors (Lipinski definition) is 1. The summed E-state index contributed by atoms with van der Waals surface area (Å²) in [5, 5.41) is 0. The smallest absolute Gasteiger partial charge is 0.00952 e. The zero-order valence-electron chi connectivity index (χ0n) is 11.6. The lowest BCUT2D eigenvalue weighted by Gasteiger charge is -2.50. The molecule has 1 aliphatic carbocycles. The average molecular weight is 223 g/mol. The van der Waals surface area contributed by atoms with E-state index in [0.717, 1.165) is 17.9 Å². The van der Waals surface area contributed by atoms with E-state index in [1.165, 1.54) is 45.2 Å². The fraction of sp³-hybridized carbons (Fsp3) is 1.00.